The number of fused-ring (bicyclic) bond motifs is 6. The minimum Gasteiger partial charge on any atom is -0.452 e. The zero-order chi connectivity index (χ0) is 37.0. The standard InChI is InChI=1S/C49H30N6O/c1-4-16-31(17-5-1)46-52-47(32-18-6-2-7-19-32)54-48(53-46)34-21-14-20-33(30-34)43-45-44(37-25-11-13-29-41(37)56-45)51-49(50-43)38-26-15-28-40-42(38)36-24-10-12-27-39(36)55(40)35-22-8-3-9-23-35/h1-30H. The highest BCUT2D eigenvalue weighted by molar-refractivity contribution is 6.16. The lowest BCUT2D eigenvalue weighted by Crippen LogP contribution is -2.00. The molecule has 0 fully saturated rings. The van der Waals surface area contributed by atoms with Crippen LogP contribution in [0.15, 0.2) is 186 Å². The van der Waals surface area contributed by atoms with E-state index in [-0.39, 0.29) is 0 Å². The average molecular weight is 719 g/mol. The van der Waals surface area contributed by atoms with Gasteiger partial charge in [-0.05, 0) is 42.5 Å². The number of nitrogens with zero attached hydrogens (tertiary/aromatic N) is 6. The van der Waals surface area contributed by atoms with Gasteiger partial charge < -0.3 is 8.98 Å². The molecule has 0 N–H and O–H groups in total. The first-order chi connectivity index (χ1) is 27.8. The Labute approximate surface area is 321 Å². The van der Waals surface area contributed by atoms with Gasteiger partial charge in [0.1, 0.15) is 16.8 Å². The smallest absolute Gasteiger partial charge is 0.180 e. The Hall–Kier alpha value is -7.77. The topological polar surface area (TPSA) is 82.5 Å². The van der Waals surface area contributed by atoms with Crippen molar-refractivity contribution in [1.82, 2.24) is 29.5 Å². The fourth-order valence-electron chi connectivity index (χ4n) is 7.71. The van der Waals surface area contributed by atoms with Crippen LogP contribution in [0.2, 0.25) is 0 Å². The van der Waals surface area contributed by atoms with Crippen molar-refractivity contribution in [2.75, 3.05) is 0 Å². The molecule has 4 aromatic heterocycles. The van der Waals surface area contributed by atoms with Crippen LogP contribution >= 0.6 is 0 Å². The van der Waals surface area contributed by atoms with Gasteiger partial charge in [-0.25, -0.2) is 24.9 Å². The van der Waals surface area contributed by atoms with E-state index < -0.39 is 0 Å². The molecule has 0 aliphatic heterocycles. The van der Waals surface area contributed by atoms with E-state index in [9.17, 15) is 0 Å². The zero-order valence-electron chi connectivity index (χ0n) is 29.9. The third-order valence-electron chi connectivity index (χ3n) is 10.3. The molecular weight excluding hydrogens is 689 g/mol. The maximum Gasteiger partial charge on any atom is 0.180 e. The van der Waals surface area contributed by atoms with Gasteiger partial charge in [-0.3, -0.25) is 0 Å². The van der Waals surface area contributed by atoms with Gasteiger partial charge >= 0.3 is 0 Å². The SMILES string of the molecule is c1ccc(-c2nc(-c3ccccc3)nc(-c3cccc(-c4nc(-c5cccc6c5c5ccccc5n6-c5ccccc5)nc5c4oc4ccccc45)c3)n2)cc1. The fourth-order valence-corrected chi connectivity index (χ4v) is 7.71. The molecule has 0 saturated heterocycles. The second-order valence-electron chi connectivity index (χ2n) is 13.7. The van der Waals surface area contributed by atoms with Crippen molar-refractivity contribution in [1.29, 1.82) is 0 Å². The predicted molar refractivity (Wildman–Crippen MR) is 224 cm³/mol. The Morgan fingerprint density at radius 3 is 1.68 bits per heavy atom. The Morgan fingerprint density at radius 1 is 0.393 bits per heavy atom. The maximum atomic E-state index is 6.58. The molecule has 0 bridgehead atoms. The molecule has 0 aliphatic rings. The highest BCUT2D eigenvalue weighted by Crippen LogP contribution is 2.41. The van der Waals surface area contributed by atoms with Crippen molar-refractivity contribution in [3.05, 3.63) is 182 Å². The van der Waals surface area contributed by atoms with Gasteiger partial charge in [0.05, 0.1) is 11.0 Å². The van der Waals surface area contributed by atoms with Crippen molar-refractivity contribution in [2.24, 2.45) is 0 Å². The quantitative estimate of drug-likeness (QED) is 0.170. The lowest BCUT2D eigenvalue weighted by atomic mass is 10.0. The molecule has 0 aliphatic carbocycles. The molecule has 7 heteroatoms. The molecule has 0 spiro atoms. The summed E-state index contributed by atoms with van der Waals surface area (Å²) in [6.45, 7) is 0. The number of hydrogen-bond acceptors (Lipinski definition) is 6. The fraction of sp³-hybridized carbons (Fsp3) is 0. The molecule has 0 radical (unpaired) electrons. The molecule has 11 aromatic rings. The number of hydrogen-bond donors (Lipinski definition) is 0. The number of rotatable bonds is 6. The molecule has 262 valence electrons. The van der Waals surface area contributed by atoms with Crippen LogP contribution in [0.3, 0.4) is 0 Å². The minimum atomic E-state index is 0.563. The summed E-state index contributed by atoms with van der Waals surface area (Å²) in [5.74, 6) is 2.38. The normalized spacial score (nSPS) is 11.6. The maximum absolute atomic E-state index is 6.58. The van der Waals surface area contributed by atoms with E-state index in [0.717, 1.165) is 71.8 Å². The van der Waals surface area contributed by atoms with Crippen LogP contribution in [0.25, 0.3) is 106 Å². The summed E-state index contributed by atoms with van der Waals surface area (Å²) in [6, 6.07) is 61.6. The Balaban J connectivity index is 1.14. The highest BCUT2D eigenvalue weighted by atomic mass is 16.3. The van der Waals surface area contributed by atoms with Gasteiger partial charge in [0.15, 0.2) is 28.9 Å². The van der Waals surface area contributed by atoms with Crippen molar-refractivity contribution in [2.45, 2.75) is 0 Å². The van der Waals surface area contributed by atoms with Crippen molar-refractivity contribution < 1.29 is 4.42 Å². The molecule has 11 rings (SSSR count). The number of aromatic nitrogens is 6. The first-order valence-corrected chi connectivity index (χ1v) is 18.5. The van der Waals surface area contributed by atoms with Gasteiger partial charge in [0, 0.05) is 49.7 Å². The number of benzene rings is 7. The van der Waals surface area contributed by atoms with Gasteiger partial charge in [0.25, 0.3) is 0 Å². The van der Waals surface area contributed by atoms with Crippen molar-refractivity contribution in [3.8, 4) is 62.5 Å². The third kappa shape index (κ3) is 5.25. The Morgan fingerprint density at radius 2 is 0.946 bits per heavy atom. The van der Waals surface area contributed by atoms with E-state index in [1.54, 1.807) is 0 Å². The van der Waals surface area contributed by atoms with Crippen LogP contribution < -0.4 is 0 Å². The molecule has 7 nitrogen and oxygen atoms in total. The van der Waals surface area contributed by atoms with Crippen molar-refractivity contribution >= 4 is 43.9 Å². The lowest BCUT2D eigenvalue weighted by molar-refractivity contribution is 0.667. The van der Waals surface area contributed by atoms with Gasteiger partial charge in [-0.2, -0.15) is 0 Å². The van der Waals surface area contributed by atoms with Crippen LogP contribution in [0.4, 0.5) is 0 Å². The van der Waals surface area contributed by atoms with E-state index in [1.165, 1.54) is 0 Å². The van der Waals surface area contributed by atoms with E-state index in [4.69, 9.17) is 29.3 Å². The average Bonchev–Trinajstić information content (AvgIpc) is 3.83. The van der Waals surface area contributed by atoms with Crippen molar-refractivity contribution in [3.63, 3.8) is 0 Å². The second kappa shape index (κ2) is 13.0. The van der Waals surface area contributed by atoms with Crippen LogP contribution in [-0.4, -0.2) is 29.5 Å². The van der Waals surface area contributed by atoms with Gasteiger partial charge in [0.2, 0.25) is 0 Å². The summed E-state index contributed by atoms with van der Waals surface area (Å²) >= 11 is 0. The van der Waals surface area contributed by atoms with Crippen LogP contribution in [0.1, 0.15) is 0 Å². The van der Waals surface area contributed by atoms with E-state index >= 15 is 0 Å². The summed E-state index contributed by atoms with van der Waals surface area (Å²) in [5, 5.41) is 3.15. The molecule has 0 amide bonds. The first kappa shape index (κ1) is 31.7. The summed E-state index contributed by atoms with van der Waals surface area (Å²) in [6.07, 6.45) is 0. The molecule has 0 atom stereocenters. The largest absolute Gasteiger partial charge is 0.452 e. The van der Waals surface area contributed by atoms with Gasteiger partial charge in [-0.1, -0.05) is 140 Å². The molecule has 0 saturated carbocycles. The summed E-state index contributed by atoms with van der Waals surface area (Å²) < 4.78 is 8.89. The number of furan rings is 1. The highest BCUT2D eigenvalue weighted by Gasteiger charge is 2.22. The predicted octanol–water partition coefficient (Wildman–Crippen LogP) is 12.0. The van der Waals surface area contributed by atoms with E-state index in [2.05, 4.69) is 89.5 Å². The van der Waals surface area contributed by atoms with E-state index in [1.807, 2.05) is 97.1 Å². The zero-order valence-corrected chi connectivity index (χ0v) is 29.9. The van der Waals surface area contributed by atoms with Crippen LogP contribution in [0, 0.1) is 0 Å². The molecule has 56 heavy (non-hydrogen) atoms. The molecule has 0 unspecified atom stereocenters. The first-order valence-electron chi connectivity index (χ1n) is 18.5. The monoisotopic (exact) mass is 718 g/mol. The second-order valence-corrected chi connectivity index (χ2v) is 13.7. The van der Waals surface area contributed by atoms with Gasteiger partial charge in [-0.15, -0.1) is 0 Å². The minimum absolute atomic E-state index is 0.563. The molecule has 7 aromatic carbocycles. The summed E-state index contributed by atoms with van der Waals surface area (Å²) in [7, 11) is 0. The molecule has 4 heterocycles. The number of para-hydroxylation sites is 3. The third-order valence-corrected chi connectivity index (χ3v) is 10.3. The Kier molecular flexibility index (Phi) is 7.35. The lowest BCUT2D eigenvalue weighted by Gasteiger charge is -2.11. The van der Waals surface area contributed by atoms with Crippen LogP contribution in [-0.2, 0) is 0 Å². The van der Waals surface area contributed by atoms with E-state index in [0.29, 0.717) is 34.6 Å². The summed E-state index contributed by atoms with van der Waals surface area (Å²) in [5.41, 5.74) is 10.6. The summed E-state index contributed by atoms with van der Waals surface area (Å²) in [4.78, 5) is 25.6. The molecular formula is C49H30N6O. The van der Waals surface area contributed by atoms with Crippen LogP contribution in [0.5, 0.6) is 0 Å². The Bertz CT molecular complexity index is 3190.